The van der Waals surface area contributed by atoms with E-state index in [2.05, 4.69) is 29.9 Å². The van der Waals surface area contributed by atoms with Crippen molar-refractivity contribution in [1.82, 2.24) is 20.3 Å². The Hall–Kier alpha value is -3.68. The number of methoxy groups -OCH3 is 1. The summed E-state index contributed by atoms with van der Waals surface area (Å²) in [6.45, 7) is 10.5. The number of ether oxygens (including phenoxy) is 2. The van der Waals surface area contributed by atoms with E-state index in [4.69, 9.17) is 14.5 Å². The number of halogens is 1. The van der Waals surface area contributed by atoms with E-state index >= 15 is 4.39 Å². The highest BCUT2D eigenvalue weighted by atomic mass is 32.2. The van der Waals surface area contributed by atoms with Crippen molar-refractivity contribution in [2.75, 3.05) is 19.0 Å². The number of aromatic nitrogens is 3. The molecule has 2 N–H and O–H groups in total. The fourth-order valence-electron chi connectivity index (χ4n) is 4.78. The Kier molecular flexibility index (Phi) is 7.60. The van der Waals surface area contributed by atoms with Gasteiger partial charge >= 0.3 is 6.09 Å². The lowest BCUT2D eigenvalue weighted by Gasteiger charge is -2.48. The predicted molar refractivity (Wildman–Crippen MR) is 147 cm³/mol. The van der Waals surface area contributed by atoms with Gasteiger partial charge in [0.2, 0.25) is 5.88 Å². The molecule has 14 heteroatoms. The number of nitrogens with one attached hydrogen (secondary N) is 2. The molecule has 3 atom stereocenters. The number of hydrogen-bond acceptors (Lipinski definition) is 10. The van der Waals surface area contributed by atoms with Gasteiger partial charge in [-0.2, -0.15) is 0 Å². The minimum absolute atomic E-state index is 0.00456. The first-order valence-electron chi connectivity index (χ1n) is 12.8. The van der Waals surface area contributed by atoms with Crippen LogP contribution in [0.25, 0.3) is 0 Å². The van der Waals surface area contributed by atoms with Crippen LogP contribution in [0.5, 0.6) is 5.88 Å². The molecule has 2 aromatic rings. The zero-order valence-electron chi connectivity index (χ0n) is 23.6. The molecule has 12 nitrogen and oxygen atoms in total. The lowest BCUT2D eigenvalue weighted by atomic mass is 9.89. The fraction of sp³-hybridized carbons (Fsp3) is 0.538. The van der Waals surface area contributed by atoms with Gasteiger partial charge < -0.3 is 14.8 Å². The van der Waals surface area contributed by atoms with Crippen molar-refractivity contribution < 1.29 is 27.7 Å². The third-order valence-electron chi connectivity index (χ3n) is 6.82. The molecule has 2 amide bonds. The Morgan fingerprint density at radius 2 is 1.85 bits per heavy atom. The molecule has 40 heavy (non-hydrogen) atoms. The molecule has 216 valence electrons. The van der Waals surface area contributed by atoms with Crippen molar-refractivity contribution in [1.29, 1.82) is 0 Å². The van der Waals surface area contributed by atoms with Crippen LogP contribution in [0.2, 0.25) is 0 Å². The van der Waals surface area contributed by atoms with Gasteiger partial charge in [-0.3, -0.25) is 15.1 Å². The summed E-state index contributed by atoms with van der Waals surface area (Å²) in [7, 11) is -1.68. The van der Waals surface area contributed by atoms with Gasteiger partial charge in [0.05, 0.1) is 34.5 Å². The summed E-state index contributed by atoms with van der Waals surface area (Å²) in [5.41, 5.74) is -2.43. The van der Waals surface area contributed by atoms with Crippen molar-refractivity contribution in [2.45, 2.75) is 75.5 Å². The number of nitrogens with zero attached hydrogens (tertiary/aromatic N) is 5. The molecule has 0 aliphatic carbocycles. The molecule has 2 aromatic heterocycles. The second-order valence-corrected chi connectivity index (χ2v) is 14.2. The normalized spacial score (nSPS) is 25.5. The molecule has 0 fully saturated rings. The van der Waals surface area contributed by atoms with Gasteiger partial charge in [0, 0.05) is 6.54 Å². The number of alkyl carbamates (subject to hydrolysis) is 1. The Bertz CT molecular complexity index is 1480. The summed E-state index contributed by atoms with van der Waals surface area (Å²) < 4.78 is 43.9. The van der Waals surface area contributed by atoms with Crippen LogP contribution in [-0.4, -0.2) is 66.2 Å². The minimum atomic E-state index is -3.11. The topological polar surface area (TPSA) is 157 Å². The van der Waals surface area contributed by atoms with E-state index in [1.807, 2.05) is 0 Å². The van der Waals surface area contributed by atoms with Crippen LogP contribution in [0.1, 0.15) is 70.6 Å². The van der Waals surface area contributed by atoms with Crippen molar-refractivity contribution in [2.24, 2.45) is 9.36 Å². The van der Waals surface area contributed by atoms with Gasteiger partial charge in [0.1, 0.15) is 44.7 Å². The second-order valence-electron chi connectivity index (χ2n) is 11.2. The van der Waals surface area contributed by atoms with E-state index in [9.17, 15) is 13.8 Å². The van der Waals surface area contributed by atoms with E-state index in [0.717, 1.165) is 6.07 Å². The first-order valence-corrected chi connectivity index (χ1v) is 14.3. The van der Waals surface area contributed by atoms with E-state index in [1.54, 1.807) is 41.5 Å². The number of fused-ring (bicyclic) bond motifs is 1. The highest BCUT2D eigenvalue weighted by Crippen LogP contribution is 2.47. The number of aliphatic imine (C=N–C) groups is 1. The van der Waals surface area contributed by atoms with Crippen LogP contribution in [0.15, 0.2) is 33.9 Å². The summed E-state index contributed by atoms with van der Waals surface area (Å²) in [6.07, 6.45) is 2.83. The molecule has 2 aliphatic heterocycles. The fourth-order valence-corrected chi connectivity index (χ4v) is 8.04. The van der Waals surface area contributed by atoms with Crippen LogP contribution in [0.3, 0.4) is 0 Å². The maximum atomic E-state index is 15.5. The highest BCUT2D eigenvalue weighted by Gasteiger charge is 2.57. The number of pyridine rings is 1. The molecule has 2 aliphatic rings. The van der Waals surface area contributed by atoms with Crippen LogP contribution in [0, 0.1) is 5.82 Å². The van der Waals surface area contributed by atoms with Crippen molar-refractivity contribution in [3.05, 3.63) is 41.7 Å². The smallest absolute Gasteiger partial charge is 0.413 e. The van der Waals surface area contributed by atoms with Crippen molar-refractivity contribution >= 4 is 33.4 Å². The van der Waals surface area contributed by atoms with Crippen LogP contribution in [0.4, 0.5) is 15.0 Å². The lowest BCUT2D eigenvalue weighted by molar-refractivity contribution is 0.0560. The van der Waals surface area contributed by atoms with Crippen LogP contribution < -0.4 is 15.4 Å². The van der Waals surface area contributed by atoms with Gasteiger partial charge in [0.15, 0.2) is 0 Å². The number of amides is 2. The second kappa shape index (κ2) is 10.4. The summed E-state index contributed by atoms with van der Waals surface area (Å²) in [6, 6.07) is 2.46. The molecular formula is C26H34FN7O5S. The number of amidine groups is 1. The van der Waals surface area contributed by atoms with E-state index < -0.39 is 48.7 Å². The zero-order chi connectivity index (χ0) is 29.5. The third-order valence-corrected chi connectivity index (χ3v) is 10.5. The van der Waals surface area contributed by atoms with Crippen LogP contribution in [-0.2, 0) is 20.0 Å². The van der Waals surface area contributed by atoms with Crippen molar-refractivity contribution in [3.8, 4) is 5.88 Å². The Morgan fingerprint density at radius 1 is 1.12 bits per heavy atom. The van der Waals surface area contributed by atoms with Crippen LogP contribution >= 0.6 is 0 Å². The van der Waals surface area contributed by atoms with E-state index in [0.29, 0.717) is 19.4 Å². The molecule has 0 spiro atoms. The molecule has 0 saturated heterocycles. The van der Waals surface area contributed by atoms with Gasteiger partial charge in [0.25, 0.3) is 5.91 Å². The van der Waals surface area contributed by atoms with Gasteiger partial charge in [-0.25, -0.2) is 32.7 Å². The predicted octanol–water partition coefficient (Wildman–Crippen LogP) is 3.83. The number of carbonyl (C=O) groups excluding carboxylic acids is 2. The third kappa shape index (κ3) is 5.36. The average molecular weight is 576 g/mol. The maximum Gasteiger partial charge on any atom is 0.413 e. The van der Waals surface area contributed by atoms with Gasteiger partial charge in [-0.15, -0.1) is 0 Å². The molecular weight excluding hydrogens is 541 g/mol. The molecule has 0 saturated carbocycles. The molecule has 0 radical (unpaired) electrons. The molecule has 0 aromatic carbocycles. The molecule has 4 rings (SSSR count). The Balaban J connectivity index is 1.78. The zero-order valence-corrected chi connectivity index (χ0v) is 24.4. The Morgan fingerprint density at radius 3 is 2.48 bits per heavy atom. The summed E-state index contributed by atoms with van der Waals surface area (Å²) >= 11 is 0. The lowest BCUT2D eigenvalue weighted by Crippen LogP contribution is -2.62. The Labute approximate surface area is 232 Å². The molecule has 0 bridgehead atoms. The van der Waals surface area contributed by atoms with Gasteiger partial charge in [-0.1, -0.05) is 0 Å². The largest absolute Gasteiger partial charge is 0.480 e. The number of anilines is 1. The summed E-state index contributed by atoms with van der Waals surface area (Å²) in [5, 5.41) is 4.53. The summed E-state index contributed by atoms with van der Waals surface area (Å²) in [4.78, 5) is 42.7. The average Bonchev–Trinajstić information content (AvgIpc) is 2.87. The SMILES string of the molecule is COc1cnc(C(=O)Nc2ccc(F)c([C@@]3(C)N=C(NC(=O)OC(C)(C)C)C(C)(C)[S@@]4(=O)=NCCC[C@H]34)n2)cn1. The monoisotopic (exact) mass is 575 g/mol. The quantitative estimate of drug-likeness (QED) is 0.557. The summed E-state index contributed by atoms with van der Waals surface area (Å²) in [5.74, 6) is -1.01. The maximum absolute atomic E-state index is 15.5. The van der Waals surface area contributed by atoms with Crippen molar-refractivity contribution in [3.63, 3.8) is 0 Å². The first kappa shape index (κ1) is 29.3. The van der Waals surface area contributed by atoms with E-state index in [1.165, 1.54) is 25.6 Å². The highest BCUT2D eigenvalue weighted by molar-refractivity contribution is 7.96. The number of rotatable bonds is 4. The number of hydrogen-bond donors (Lipinski definition) is 2. The van der Waals surface area contributed by atoms with Gasteiger partial charge in [-0.05, 0) is 66.5 Å². The molecule has 4 heterocycles. The minimum Gasteiger partial charge on any atom is -0.480 e. The standard InChI is InChI=1S/C26H34FN7O5S/c1-24(2,3)39-23(36)33-22-25(4,5)40(37)17(9-8-12-30-40)26(6,34-22)20-15(27)10-11-18(31-20)32-21(35)16-13-29-19(38-7)14-28-16/h10-11,13-14,17H,8-9,12H2,1-7H3,(H,31,32,35)(H,33,34,36)/t17-,26+,40-/m1/s1. The number of carbonyl (C=O) groups is 2. The van der Waals surface area contributed by atoms with E-state index in [-0.39, 0.29) is 28.9 Å². The molecule has 0 unspecified atom stereocenters. The first-order chi connectivity index (χ1) is 18.6.